The molecule has 104 valence electrons. The molecule has 0 aliphatic carbocycles. The quantitative estimate of drug-likeness (QED) is 0.735. The zero-order valence-corrected chi connectivity index (χ0v) is 12.7. The summed E-state index contributed by atoms with van der Waals surface area (Å²) >= 11 is 3.33. The second-order valence-corrected chi connectivity index (χ2v) is 5.44. The van der Waals surface area contributed by atoms with Gasteiger partial charge < -0.3 is 4.57 Å². The maximum atomic E-state index is 12.2. The molecular formula is C16H12BrN3O. The van der Waals surface area contributed by atoms with E-state index in [0.717, 1.165) is 16.8 Å². The molecule has 21 heavy (non-hydrogen) atoms. The van der Waals surface area contributed by atoms with Crippen molar-refractivity contribution in [1.29, 1.82) is 0 Å². The standard InChI is InChI=1S/C16H12BrN3O/c17-14-8-13(15-6-7-18-11-19-15)10-20(16(14)21)9-12-4-2-1-3-5-12/h1-8,10-11H,9H2. The maximum Gasteiger partial charge on any atom is 0.265 e. The SMILES string of the molecule is O=c1c(Br)cc(-c2ccncn2)cn1Cc1ccccc1. The summed E-state index contributed by atoms with van der Waals surface area (Å²) in [6.45, 7) is 0.525. The Kier molecular flexibility index (Phi) is 3.92. The van der Waals surface area contributed by atoms with E-state index in [2.05, 4.69) is 25.9 Å². The van der Waals surface area contributed by atoms with Crippen molar-refractivity contribution in [3.8, 4) is 11.3 Å². The van der Waals surface area contributed by atoms with E-state index in [-0.39, 0.29) is 5.56 Å². The predicted molar refractivity (Wildman–Crippen MR) is 85.0 cm³/mol. The number of hydrogen-bond donors (Lipinski definition) is 0. The monoisotopic (exact) mass is 341 g/mol. The van der Waals surface area contributed by atoms with E-state index >= 15 is 0 Å². The summed E-state index contributed by atoms with van der Waals surface area (Å²) in [5.41, 5.74) is 2.68. The van der Waals surface area contributed by atoms with Gasteiger partial charge in [0.1, 0.15) is 6.33 Å². The molecule has 0 bridgehead atoms. The van der Waals surface area contributed by atoms with E-state index in [1.165, 1.54) is 6.33 Å². The van der Waals surface area contributed by atoms with Gasteiger partial charge in [-0.1, -0.05) is 30.3 Å². The van der Waals surface area contributed by atoms with Gasteiger partial charge in [0.2, 0.25) is 0 Å². The molecule has 4 nitrogen and oxygen atoms in total. The van der Waals surface area contributed by atoms with Gasteiger partial charge in [0, 0.05) is 18.0 Å². The van der Waals surface area contributed by atoms with E-state index in [1.54, 1.807) is 16.8 Å². The summed E-state index contributed by atoms with van der Waals surface area (Å²) in [6, 6.07) is 13.5. The van der Waals surface area contributed by atoms with Crippen LogP contribution >= 0.6 is 15.9 Å². The normalized spacial score (nSPS) is 10.5. The zero-order valence-electron chi connectivity index (χ0n) is 11.1. The first-order chi connectivity index (χ1) is 10.2. The molecule has 0 N–H and O–H groups in total. The number of nitrogens with zero attached hydrogens (tertiary/aromatic N) is 3. The number of benzene rings is 1. The van der Waals surface area contributed by atoms with Crippen LogP contribution in [0.1, 0.15) is 5.56 Å². The predicted octanol–water partition coefficient (Wildman–Crippen LogP) is 3.12. The highest BCUT2D eigenvalue weighted by atomic mass is 79.9. The van der Waals surface area contributed by atoms with E-state index in [4.69, 9.17) is 0 Å². The van der Waals surface area contributed by atoms with Gasteiger partial charge in [-0.3, -0.25) is 4.79 Å². The fraction of sp³-hybridized carbons (Fsp3) is 0.0625. The lowest BCUT2D eigenvalue weighted by molar-refractivity contribution is 0.756. The third-order valence-electron chi connectivity index (χ3n) is 3.12. The van der Waals surface area contributed by atoms with Gasteiger partial charge in [0.05, 0.1) is 16.7 Å². The van der Waals surface area contributed by atoms with Crippen molar-refractivity contribution in [1.82, 2.24) is 14.5 Å². The van der Waals surface area contributed by atoms with Crippen LogP contribution in [0.3, 0.4) is 0 Å². The molecule has 0 unspecified atom stereocenters. The Balaban J connectivity index is 2.05. The van der Waals surface area contributed by atoms with Crippen LogP contribution in [-0.2, 0) is 6.54 Å². The number of aromatic nitrogens is 3. The minimum Gasteiger partial charge on any atom is -0.309 e. The molecule has 0 atom stereocenters. The molecule has 0 amide bonds. The van der Waals surface area contributed by atoms with Crippen LogP contribution in [0.25, 0.3) is 11.3 Å². The first-order valence-electron chi connectivity index (χ1n) is 6.44. The minimum absolute atomic E-state index is 0.0586. The van der Waals surface area contributed by atoms with Crippen molar-refractivity contribution in [3.63, 3.8) is 0 Å². The van der Waals surface area contributed by atoms with Crippen molar-refractivity contribution in [2.75, 3.05) is 0 Å². The third kappa shape index (κ3) is 3.08. The highest BCUT2D eigenvalue weighted by Crippen LogP contribution is 2.18. The average Bonchev–Trinajstić information content (AvgIpc) is 2.53. The lowest BCUT2D eigenvalue weighted by Gasteiger charge is -2.09. The Morgan fingerprint density at radius 2 is 1.95 bits per heavy atom. The van der Waals surface area contributed by atoms with Gasteiger partial charge >= 0.3 is 0 Å². The topological polar surface area (TPSA) is 47.8 Å². The van der Waals surface area contributed by atoms with Gasteiger partial charge in [-0.2, -0.15) is 0 Å². The second kappa shape index (κ2) is 6.01. The first kappa shape index (κ1) is 13.7. The van der Waals surface area contributed by atoms with Crippen LogP contribution in [0.2, 0.25) is 0 Å². The average molecular weight is 342 g/mol. The molecule has 3 aromatic rings. The summed E-state index contributed by atoms with van der Waals surface area (Å²) in [7, 11) is 0. The number of pyridine rings is 1. The van der Waals surface area contributed by atoms with Crippen LogP contribution in [-0.4, -0.2) is 14.5 Å². The van der Waals surface area contributed by atoms with Crippen LogP contribution in [0.5, 0.6) is 0 Å². The van der Waals surface area contributed by atoms with Crippen LogP contribution in [0.4, 0.5) is 0 Å². The van der Waals surface area contributed by atoms with Crippen molar-refractivity contribution in [2.45, 2.75) is 6.54 Å². The molecule has 0 aliphatic rings. The smallest absolute Gasteiger partial charge is 0.265 e. The Bertz CT molecular complexity index is 801. The molecule has 0 aliphatic heterocycles. The summed E-state index contributed by atoms with van der Waals surface area (Å²) in [4.78, 5) is 20.4. The van der Waals surface area contributed by atoms with Gasteiger partial charge in [-0.25, -0.2) is 9.97 Å². The first-order valence-corrected chi connectivity index (χ1v) is 7.23. The molecule has 0 saturated heterocycles. The molecule has 2 aromatic heterocycles. The molecule has 5 heteroatoms. The van der Waals surface area contributed by atoms with Gasteiger partial charge in [0.15, 0.2) is 0 Å². The van der Waals surface area contributed by atoms with Crippen molar-refractivity contribution >= 4 is 15.9 Å². The molecule has 0 fully saturated rings. The van der Waals surface area contributed by atoms with E-state index in [1.807, 2.05) is 42.6 Å². The van der Waals surface area contributed by atoms with Crippen LogP contribution in [0.15, 0.2) is 70.5 Å². The van der Waals surface area contributed by atoms with E-state index in [9.17, 15) is 4.79 Å². The van der Waals surface area contributed by atoms with E-state index in [0.29, 0.717) is 11.0 Å². The van der Waals surface area contributed by atoms with Crippen molar-refractivity contribution in [3.05, 3.63) is 81.6 Å². The highest BCUT2D eigenvalue weighted by molar-refractivity contribution is 9.10. The second-order valence-electron chi connectivity index (χ2n) is 4.59. The number of halogens is 1. The largest absolute Gasteiger partial charge is 0.309 e. The minimum atomic E-state index is -0.0586. The van der Waals surface area contributed by atoms with Crippen LogP contribution < -0.4 is 5.56 Å². The molecule has 0 saturated carbocycles. The van der Waals surface area contributed by atoms with Crippen molar-refractivity contribution in [2.24, 2.45) is 0 Å². The molecule has 0 spiro atoms. The Hall–Kier alpha value is -2.27. The van der Waals surface area contributed by atoms with Gasteiger partial charge in [-0.15, -0.1) is 0 Å². The van der Waals surface area contributed by atoms with Crippen LogP contribution in [0, 0.1) is 0 Å². The summed E-state index contributed by atoms with van der Waals surface area (Å²) < 4.78 is 2.20. The Labute approximate surface area is 130 Å². The van der Waals surface area contributed by atoms with E-state index < -0.39 is 0 Å². The zero-order chi connectivity index (χ0) is 14.7. The molecule has 1 aromatic carbocycles. The Morgan fingerprint density at radius 1 is 1.14 bits per heavy atom. The highest BCUT2D eigenvalue weighted by Gasteiger charge is 2.07. The van der Waals surface area contributed by atoms with Gasteiger partial charge in [-0.05, 0) is 33.6 Å². The molecule has 2 heterocycles. The number of rotatable bonds is 3. The Morgan fingerprint density at radius 3 is 2.67 bits per heavy atom. The fourth-order valence-electron chi connectivity index (χ4n) is 2.10. The molecular weight excluding hydrogens is 330 g/mol. The van der Waals surface area contributed by atoms with Crippen molar-refractivity contribution < 1.29 is 0 Å². The number of hydrogen-bond acceptors (Lipinski definition) is 3. The lowest BCUT2D eigenvalue weighted by Crippen LogP contribution is -2.21. The maximum absolute atomic E-state index is 12.2. The summed E-state index contributed by atoms with van der Waals surface area (Å²) in [5.74, 6) is 0. The molecule has 3 rings (SSSR count). The lowest BCUT2D eigenvalue weighted by atomic mass is 10.2. The molecule has 0 radical (unpaired) electrons. The summed E-state index contributed by atoms with van der Waals surface area (Å²) in [6.07, 6.45) is 5.00. The third-order valence-corrected chi connectivity index (χ3v) is 3.68. The summed E-state index contributed by atoms with van der Waals surface area (Å²) in [5, 5.41) is 0. The fourth-order valence-corrected chi connectivity index (χ4v) is 2.57. The van der Waals surface area contributed by atoms with Gasteiger partial charge in [0.25, 0.3) is 5.56 Å².